The monoisotopic (exact) mass is 289 g/mol. The summed E-state index contributed by atoms with van der Waals surface area (Å²) in [7, 11) is 0. The van der Waals surface area contributed by atoms with Crippen LogP contribution in [-0.4, -0.2) is 9.78 Å². The molecular formula is C16H23N3S. The van der Waals surface area contributed by atoms with Crippen LogP contribution in [0.15, 0.2) is 41.4 Å². The highest BCUT2D eigenvalue weighted by Crippen LogP contribution is 2.25. The van der Waals surface area contributed by atoms with Crippen molar-refractivity contribution < 1.29 is 0 Å². The highest BCUT2D eigenvalue weighted by atomic mass is 32.2. The minimum Gasteiger partial charge on any atom is -0.324 e. The molecule has 2 unspecified atom stereocenters. The predicted molar refractivity (Wildman–Crippen MR) is 85.8 cm³/mol. The summed E-state index contributed by atoms with van der Waals surface area (Å²) in [6.45, 7) is 6.38. The second-order valence-corrected chi connectivity index (χ2v) is 6.24. The molecule has 0 saturated carbocycles. The lowest BCUT2D eigenvalue weighted by atomic mass is 10.1. The summed E-state index contributed by atoms with van der Waals surface area (Å²) in [4.78, 5) is 1.25. The van der Waals surface area contributed by atoms with Crippen LogP contribution in [-0.2, 0) is 5.75 Å². The van der Waals surface area contributed by atoms with Crippen molar-refractivity contribution in [3.63, 3.8) is 0 Å². The van der Waals surface area contributed by atoms with Crippen LogP contribution in [0.1, 0.15) is 50.5 Å². The molecule has 0 fully saturated rings. The third kappa shape index (κ3) is 3.87. The fourth-order valence-electron chi connectivity index (χ4n) is 1.93. The summed E-state index contributed by atoms with van der Waals surface area (Å²) in [6, 6.07) is 11.1. The van der Waals surface area contributed by atoms with E-state index >= 15 is 0 Å². The summed E-state index contributed by atoms with van der Waals surface area (Å²) in [5.74, 6) is 0.895. The Labute approximate surface area is 125 Å². The van der Waals surface area contributed by atoms with Crippen molar-refractivity contribution in [2.75, 3.05) is 0 Å². The number of hydrogen-bond donors (Lipinski definition) is 1. The molecule has 1 heterocycles. The van der Waals surface area contributed by atoms with E-state index in [4.69, 9.17) is 5.73 Å². The summed E-state index contributed by atoms with van der Waals surface area (Å²) in [5, 5.41) is 4.62. The van der Waals surface area contributed by atoms with E-state index in [1.807, 2.05) is 11.6 Å². The van der Waals surface area contributed by atoms with Crippen LogP contribution in [0.4, 0.5) is 0 Å². The normalized spacial score (nSPS) is 14.2. The van der Waals surface area contributed by atoms with E-state index in [9.17, 15) is 0 Å². The zero-order valence-corrected chi connectivity index (χ0v) is 13.2. The quantitative estimate of drug-likeness (QED) is 0.812. The molecule has 2 atom stereocenters. The van der Waals surface area contributed by atoms with Gasteiger partial charge in [0.1, 0.15) is 0 Å². The molecule has 3 nitrogen and oxygen atoms in total. The van der Waals surface area contributed by atoms with Crippen LogP contribution >= 0.6 is 11.8 Å². The van der Waals surface area contributed by atoms with E-state index in [-0.39, 0.29) is 6.04 Å². The van der Waals surface area contributed by atoms with Crippen LogP contribution in [0.5, 0.6) is 0 Å². The van der Waals surface area contributed by atoms with Gasteiger partial charge >= 0.3 is 0 Å². The molecule has 0 aliphatic rings. The van der Waals surface area contributed by atoms with Gasteiger partial charge in [0.15, 0.2) is 0 Å². The van der Waals surface area contributed by atoms with Crippen LogP contribution in [0.25, 0.3) is 0 Å². The first kappa shape index (κ1) is 15.1. The number of aromatic nitrogens is 2. The van der Waals surface area contributed by atoms with Crippen molar-refractivity contribution in [1.82, 2.24) is 9.78 Å². The van der Waals surface area contributed by atoms with Crippen molar-refractivity contribution in [2.45, 2.75) is 49.9 Å². The van der Waals surface area contributed by atoms with Crippen LogP contribution in [0.3, 0.4) is 0 Å². The highest BCUT2D eigenvalue weighted by molar-refractivity contribution is 7.98. The number of nitrogens with two attached hydrogens (primary N) is 1. The van der Waals surface area contributed by atoms with E-state index in [2.05, 4.69) is 55.5 Å². The highest BCUT2D eigenvalue weighted by Gasteiger charge is 2.06. The Hall–Kier alpha value is -1.26. The van der Waals surface area contributed by atoms with Gasteiger partial charge in [-0.15, -0.1) is 11.8 Å². The van der Waals surface area contributed by atoms with Crippen molar-refractivity contribution in [3.05, 3.63) is 47.8 Å². The van der Waals surface area contributed by atoms with Gasteiger partial charge in [0.2, 0.25) is 0 Å². The molecule has 1 aromatic heterocycles. The smallest absolute Gasteiger partial charge is 0.0727 e. The average molecular weight is 289 g/mol. The minimum atomic E-state index is 0.0835. The Morgan fingerprint density at radius 3 is 2.80 bits per heavy atom. The first-order chi connectivity index (χ1) is 9.60. The third-order valence-electron chi connectivity index (χ3n) is 3.48. The predicted octanol–water partition coefficient (Wildman–Crippen LogP) is 4.17. The summed E-state index contributed by atoms with van der Waals surface area (Å²) in [6.07, 6.45) is 3.17. The zero-order chi connectivity index (χ0) is 14.5. The van der Waals surface area contributed by atoms with E-state index in [1.54, 1.807) is 11.8 Å². The van der Waals surface area contributed by atoms with Gasteiger partial charge in [-0.2, -0.15) is 5.10 Å². The molecule has 0 aliphatic heterocycles. The van der Waals surface area contributed by atoms with Crippen molar-refractivity contribution in [3.8, 4) is 0 Å². The lowest BCUT2D eigenvalue weighted by molar-refractivity contribution is 0.475. The topological polar surface area (TPSA) is 43.8 Å². The molecule has 2 N–H and O–H groups in total. The molecule has 4 heteroatoms. The average Bonchev–Trinajstić information content (AvgIpc) is 2.93. The molecule has 0 bridgehead atoms. The van der Waals surface area contributed by atoms with Crippen LogP contribution in [0, 0.1) is 0 Å². The summed E-state index contributed by atoms with van der Waals surface area (Å²) < 4.78 is 2.05. The van der Waals surface area contributed by atoms with Gasteiger partial charge in [0, 0.05) is 28.9 Å². The molecule has 0 saturated heterocycles. The summed E-state index contributed by atoms with van der Waals surface area (Å²) >= 11 is 1.81. The van der Waals surface area contributed by atoms with E-state index in [0.29, 0.717) is 6.04 Å². The molecule has 108 valence electrons. The second kappa shape index (κ2) is 6.95. The largest absolute Gasteiger partial charge is 0.324 e. The Bertz CT molecular complexity index is 548. The van der Waals surface area contributed by atoms with Gasteiger partial charge in [-0.25, -0.2) is 0 Å². The van der Waals surface area contributed by atoms with Crippen LogP contribution in [0.2, 0.25) is 0 Å². The van der Waals surface area contributed by atoms with Gasteiger partial charge in [-0.3, -0.25) is 4.68 Å². The van der Waals surface area contributed by atoms with Gasteiger partial charge in [0.05, 0.1) is 5.69 Å². The maximum absolute atomic E-state index is 5.92. The van der Waals surface area contributed by atoms with E-state index < -0.39 is 0 Å². The molecule has 20 heavy (non-hydrogen) atoms. The lowest BCUT2D eigenvalue weighted by Gasteiger charge is -2.08. The van der Waals surface area contributed by atoms with E-state index in [1.165, 1.54) is 10.5 Å². The number of hydrogen-bond acceptors (Lipinski definition) is 3. The Morgan fingerprint density at radius 2 is 2.10 bits per heavy atom. The molecule has 0 amide bonds. The summed E-state index contributed by atoms with van der Waals surface area (Å²) in [5.41, 5.74) is 8.22. The molecule has 0 aliphatic carbocycles. The molecule has 1 aromatic carbocycles. The molecule has 2 aromatic rings. The van der Waals surface area contributed by atoms with Crippen molar-refractivity contribution in [2.24, 2.45) is 5.73 Å². The van der Waals surface area contributed by atoms with Gasteiger partial charge in [0.25, 0.3) is 0 Å². The van der Waals surface area contributed by atoms with E-state index in [0.717, 1.165) is 17.9 Å². The second-order valence-electron chi connectivity index (χ2n) is 5.19. The molecule has 0 spiro atoms. The fraction of sp³-hybridized carbons (Fsp3) is 0.438. The van der Waals surface area contributed by atoms with Crippen LogP contribution < -0.4 is 5.73 Å². The number of rotatable bonds is 6. The molecular weight excluding hydrogens is 266 g/mol. The maximum Gasteiger partial charge on any atom is 0.0727 e. The fourth-order valence-corrected chi connectivity index (χ4v) is 2.79. The van der Waals surface area contributed by atoms with Gasteiger partial charge < -0.3 is 5.73 Å². The lowest BCUT2D eigenvalue weighted by Crippen LogP contribution is -2.04. The number of nitrogens with zero attached hydrogens (tertiary/aromatic N) is 2. The first-order valence-electron chi connectivity index (χ1n) is 7.12. The third-order valence-corrected chi connectivity index (χ3v) is 4.50. The Kier molecular flexibility index (Phi) is 5.26. The van der Waals surface area contributed by atoms with Gasteiger partial charge in [-0.1, -0.05) is 19.1 Å². The van der Waals surface area contributed by atoms with Crippen molar-refractivity contribution >= 4 is 11.8 Å². The van der Waals surface area contributed by atoms with Gasteiger partial charge in [-0.05, 0) is 44.0 Å². The zero-order valence-electron chi connectivity index (χ0n) is 12.4. The standard InChI is InChI=1S/C16H23N3S/c1-4-12(2)19-9-8-15(18-19)11-20-16-7-5-6-14(10-16)13(3)17/h5-10,12-13H,4,11,17H2,1-3H3. The Balaban J connectivity index is 1.98. The van der Waals surface area contributed by atoms with Crippen molar-refractivity contribution in [1.29, 1.82) is 0 Å². The number of benzene rings is 1. The molecule has 0 radical (unpaired) electrons. The SMILES string of the molecule is CCC(C)n1ccc(CSc2cccc(C(C)N)c2)n1. The minimum absolute atomic E-state index is 0.0835. The Morgan fingerprint density at radius 1 is 1.30 bits per heavy atom. The molecule has 2 rings (SSSR count). The number of thioether (sulfide) groups is 1. The maximum atomic E-state index is 5.92. The first-order valence-corrected chi connectivity index (χ1v) is 8.11.